The minimum Gasteiger partial charge on any atom is -0.443 e. The second-order valence-corrected chi connectivity index (χ2v) is 5.54. The first-order valence-electron chi connectivity index (χ1n) is 7.62. The van der Waals surface area contributed by atoms with Crippen molar-refractivity contribution in [3.05, 3.63) is 54.6 Å². The molecule has 1 unspecified atom stereocenters. The molecule has 0 saturated heterocycles. The maximum Gasteiger partial charge on any atom is 0.339 e. The number of nitrogens with one attached hydrogen (secondary N) is 1. The number of hydrogen-bond acceptors (Lipinski definition) is 4. The van der Waals surface area contributed by atoms with Crippen molar-refractivity contribution in [3.8, 4) is 0 Å². The summed E-state index contributed by atoms with van der Waals surface area (Å²) >= 11 is 0. The summed E-state index contributed by atoms with van der Waals surface area (Å²) < 4.78 is 7.60. The quantitative estimate of drug-likeness (QED) is 0.436. The molecule has 0 aliphatic carbocycles. The molecule has 7 heteroatoms. The first kappa shape index (κ1) is 22.4. The third-order valence-electron chi connectivity index (χ3n) is 3.35. The molecule has 0 amide bonds. The summed E-state index contributed by atoms with van der Waals surface area (Å²) in [5, 5.41) is 3.31. The van der Waals surface area contributed by atoms with Crippen LogP contribution >= 0.6 is 24.8 Å². The van der Waals surface area contributed by atoms with Crippen LogP contribution in [-0.4, -0.2) is 28.3 Å². The Labute approximate surface area is 155 Å². The zero-order valence-electron chi connectivity index (χ0n) is 13.9. The fourth-order valence-electron chi connectivity index (χ4n) is 2.10. The zero-order valence-corrected chi connectivity index (χ0v) is 15.6. The number of rotatable bonds is 8. The third-order valence-corrected chi connectivity index (χ3v) is 3.35. The molecule has 1 heterocycles. The summed E-state index contributed by atoms with van der Waals surface area (Å²) in [5.74, 6) is -0.0812. The van der Waals surface area contributed by atoms with E-state index in [0.29, 0.717) is 5.56 Å². The molecule has 1 N–H and O–H groups in total. The van der Waals surface area contributed by atoms with Gasteiger partial charge >= 0.3 is 5.97 Å². The first-order valence-corrected chi connectivity index (χ1v) is 7.62. The Hall–Kier alpha value is -1.56. The van der Waals surface area contributed by atoms with E-state index in [1.807, 2.05) is 42.8 Å². The van der Waals surface area contributed by atoms with Crippen LogP contribution < -0.4 is 5.32 Å². The summed E-state index contributed by atoms with van der Waals surface area (Å²) in [6.07, 6.45) is 6.18. The van der Waals surface area contributed by atoms with Crippen LogP contribution in [-0.2, 0) is 11.3 Å². The topological polar surface area (TPSA) is 56.1 Å². The number of hydrogen-bond donors (Lipinski definition) is 1. The molecule has 0 bridgehead atoms. The van der Waals surface area contributed by atoms with E-state index in [1.165, 1.54) is 0 Å². The summed E-state index contributed by atoms with van der Waals surface area (Å²) in [6, 6.07) is 9.07. The molecule has 0 aliphatic heterocycles. The van der Waals surface area contributed by atoms with Gasteiger partial charge in [-0.15, -0.1) is 24.8 Å². The third kappa shape index (κ3) is 7.34. The van der Waals surface area contributed by atoms with Crippen LogP contribution in [0.3, 0.4) is 0 Å². The summed E-state index contributed by atoms with van der Waals surface area (Å²) in [5.41, 5.74) is 0.577. The van der Waals surface area contributed by atoms with Gasteiger partial charge in [-0.05, 0) is 18.6 Å². The van der Waals surface area contributed by atoms with E-state index in [2.05, 4.69) is 10.3 Å². The van der Waals surface area contributed by atoms with E-state index in [1.54, 1.807) is 24.7 Å². The molecule has 0 radical (unpaired) electrons. The maximum atomic E-state index is 12.1. The van der Waals surface area contributed by atoms with Crippen molar-refractivity contribution in [1.29, 1.82) is 0 Å². The Balaban J connectivity index is 0.00000264. The highest BCUT2D eigenvalue weighted by Gasteiger charge is 2.18. The number of esters is 1. The van der Waals surface area contributed by atoms with Crippen molar-refractivity contribution in [1.82, 2.24) is 14.9 Å². The van der Waals surface area contributed by atoms with E-state index in [4.69, 9.17) is 4.74 Å². The van der Waals surface area contributed by atoms with Crippen LogP contribution in [0.5, 0.6) is 0 Å². The molecular weight excluding hydrogens is 349 g/mol. The van der Waals surface area contributed by atoms with Crippen molar-refractivity contribution < 1.29 is 9.53 Å². The van der Waals surface area contributed by atoms with Crippen LogP contribution in [0, 0.1) is 5.92 Å². The molecule has 5 nitrogen and oxygen atoms in total. The standard InChI is InChI=1S/C17H23N3O2.2ClH/c1-14(2)16(19-9-6-11-20-12-10-18-13-20)22-17(21)15-7-4-3-5-8-15;;/h3-5,7-8,10,12-14,16,19H,6,9,11H2,1-2H3;2*1H. The number of halogens is 2. The fraction of sp³-hybridized carbons (Fsp3) is 0.412. The Bertz CT molecular complexity index is 562. The molecule has 0 fully saturated rings. The van der Waals surface area contributed by atoms with E-state index < -0.39 is 0 Å². The van der Waals surface area contributed by atoms with Gasteiger partial charge in [-0.1, -0.05) is 32.0 Å². The molecule has 0 saturated carbocycles. The molecule has 1 aromatic heterocycles. The number of benzene rings is 1. The smallest absolute Gasteiger partial charge is 0.339 e. The monoisotopic (exact) mass is 373 g/mol. The van der Waals surface area contributed by atoms with Crippen LogP contribution in [0.4, 0.5) is 0 Å². The minimum atomic E-state index is -0.290. The summed E-state index contributed by atoms with van der Waals surface area (Å²) in [4.78, 5) is 16.1. The lowest BCUT2D eigenvalue weighted by Crippen LogP contribution is -2.39. The van der Waals surface area contributed by atoms with Crippen molar-refractivity contribution in [2.75, 3.05) is 6.54 Å². The highest BCUT2D eigenvalue weighted by atomic mass is 35.5. The Kier molecular flexibility index (Phi) is 11.1. The molecule has 2 aromatic rings. The SMILES string of the molecule is CC(C)C(NCCCn1ccnc1)OC(=O)c1ccccc1.Cl.Cl. The normalized spacial score (nSPS) is 11.3. The van der Waals surface area contributed by atoms with Gasteiger partial charge in [0.25, 0.3) is 0 Å². The number of carbonyl (C=O) groups is 1. The first-order chi connectivity index (χ1) is 10.7. The molecular formula is C17H25Cl2N3O2. The number of carbonyl (C=O) groups excluding carboxylic acids is 1. The van der Waals surface area contributed by atoms with Crippen LogP contribution in [0.2, 0.25) is 0 Å². The van der Waals surface area contributed by atoms with Gasteiger partial charge in [-0.25, -0.2) is 9.78 Å². The lowest BCUT2D eigenvalue weighted by molar-refractivity contribution is 0.00711. The molecule has 2 rings (SSSR count). The second kappa shape index (κ2) is 11.9. The average Bonchev–Trinajstić information content (AvgIpc) is 3.04. The Morgan fingerprint density at radius 2 is 1.96 bits per heavy atom. The molecule has 1 aromatic carbocycles. The van der Waals surface area contributed by atoms with Crippen molar-refractivity contribution in [2.45, 2.75) is 33.0 Å². The van der Waals surface area contributed by atoms with Gasteiger partial charge in [0.2, 0.25) is 0 Å². The largest absolute Gasteiger partial charge is 0.443 e. The van der Waals surface area contributed by atoms with E-state index in [9.17, 15) is 4.79 Å². The van der Waals surface area contributed by atoms with Gasteiger partial charge in [0.05, 0.1) is 11.9 Å². The highest BCUT2D eigenvalue weighted by Crippen LogP contribution is 2.08. The van der Waals surface area contributed by atoms with E-state index in [-0.39, 0.29) is 42.9 Å². The second-order valence-electron chi connectivity index (χ2n) is 5.54. The van der Waals surface area contributed by atoms with Gasteiger partial charge in [-0.2, -0.15) is 0 Å². The zero-order chi connectivity index (χ0) is 15.8. The average molecular weight is 374 g/mol. The molecule has 0 spiro atoms. The summed E-state index contributed by atoms with van der Waals surface area (Å²) in [7, 11) is 0. The Morgan fingerprint density at radius 3 is 2.54 bits per heavy atom. The highest BCUT2D eigenvalue weighted by molar-refractivity contribution is 5.89. The van der Waals surface area contributed by atoms with E-state index >= 15 is 0 Å². The van der Waals surface area contributed by atoms with Gasteiger partial charge in [0, 0.05) is 31.4 Å². The van der Waals surface area contributed by atoms with E-state index in [0.717, 1.165) is 19.5 Å². The van der Waals surface area contributed by atoms with Gasteiger partial charge in [-0.3, -0.25) is 5.32 Å². The molecule has 1 atom stereocenters. The van der Waals surface area contributed by atoms with Gasteiger partial charge < -0.3 is 9.30 Å². The van der Waals surface area contributed by atoms with Crippen molar-refractivity contribution in [3.63, 3.8) is 0 Å². The van der Waals surface area contributed by atoms with Crippen LogP contribution in [0.1, 0.15) is 30.6 Å². The minimum absolute atomic E-state index is 0. The molecule has 24 heavy (non-hydrogen) atoms. The molecule has 134 valence electrons. The Morgan fingerprint density at radius 1 is 1.25 bits per heavy atom. The summed E-state index contributed by atoms with van der Waals surface area (Å²) in [6.45, 7) is 5.74. The number of imidazole rings is 1. The lowest BCUT2D eigenvalue weighted by Gasteiger charge is -2.22. The van der Waals surface area contributed by atoms with Gasteiger partial charge in [0.15, 0.2) is 6.23 Å². The maximum absolute atomic E-state index is 12.1. The predicted molar refractivity (Wildman–Crippen MR) is 99.8 cm³/mol. The number of aromatic nitrogens is 2. The fourth-order valence-corrected chi connectivity index (χ4v) is 2.10. The van der Waals surface area contributed by atoms with Crippen LogP contribution in [0.25, 0.3) is 0 Å². The number of nitrogens with zero attached hydrogens (tertiary/aromatic N) is 2. The lowest BCUT2D eigenvalue weighted by atomic mass is 10.2. The van der Waals surface area contributed by atoms with Crippen molar-refractivity contribution in [2.24, 2.45) is 5.92 Å². The predicted octanol–water partition coefficient (Wildman–Crippen LogP) is 3.55. The number of ether oxygens (including phenoxy) is 1. The molecule has 0 aliphatic rings. The number of aryl methyl sites for hydroxylation is 1. The van der Waals surface area contributed by atoms with Crippen LogP contribution in [0.15, 0.2) is 49.1 Å². The van der Waals surface area contributed by atoms with Crippen molar-refractivity contribution >= 4 is 30.8 Å². The van der Waals surface area contributed by atoms with Gasteiger partial charge in [0.1, 0.15) is 0 Å².